The minimum atomic E-state index is 0.552. The number of halogens is 1. The zero-order chi connectivity index (χ0) is 13.1. The number of hydrogen-bond donors (Lipinski definition) is 0. The maximum atomic E-state index is 5.87. The van der Waals surface area contributed by atoms with Crippen LogP contribution >= 0.6 is 11.6 Å². The Morgan fingerprint density at radius 3 is 2.37 bits per heavy atom. The summed E-state index contributed by atoms with van der Waals surface area (Å²) < 4.78 is 0. The summed E-state index contributed by atoms with van der Waals surface area (Å²) in [5.41, 5.74) is 2.01. The van der Waals surface area contributed by atoms with Crippen molar-refractivity contribution in [3.8, 4) is 11.1 Å². The normalized spacial score (nSPS) is 13.8. The molecule has 2 heterocycles. The van der Waals surface area contributed by atoms with E-state index in [0.717, 1.165) is 16.1 Å². The van der Waals surface area contributed by atoms with Crippen molar-refractivity contribution in [3.05, 3.63) is 54.0 Å². The Balaban J connectivity index is 1.84. The lowest BCUT2D eigenvalue weighted by atomic mass is 10.1. The van der Waals surface area contributed by atoms with Gasteiger partial charge in [-0.3, -0.25) is 9.89 Å². The molecule has 1 aliphatic rings. The maximum absolute atomic E-state index is 5.87. The van der Waals surface area contributed by atoms with Gasteiger partial charge in [0.15, 0.2) is 0 Å². The van der Waals surface area contributed by atoms with Crippen LogP contribution in [0.5, 0.6) is 0 Å². The van der Waals surface area contributed by atoms with Crippen LogP contribution in [0.25, 0.3) is 11.1 Å². The molecule has 0 radical (unpaired) electrons. The fourth-order valence-electron chi connectivity index (χ4n) is 1.78. The summed E-state index contributed by atoms with van der Waals surface area (Å²) in [5, 5.41) is 0.720. The van der Waals surface area contributed by atoms with Crippen LogP contribution in [0.3, 0.4) is 0 Å². The number of allylic oxidation sites excluding steroid dienone is 1. The Kier molecular flexibility index (Phi) is 3.25. The molecule has 5 heteroatoms. The van der Waals surface area contributed by atoms with Gasteiger partial charge in [-0.05, 0) is 23.8 Å². The molecule has 0 bridgehead atoms. The number of benzene rings is 1. The van der Waals surface area contributed by atoms with Gasteiger partial charge in [-0.25, -0.2) is 9.97 Å². The SMILES string of the molecule is Clc1ccc(-c2cnc(N3C=CC=NC3)nc2)cc1. The van der Waals surface area contributed by atoms with E-state index in [1.54, 1.807) is 18.6 Å². The molecule has 0 unspecified atom stereocenters. The zero-order valence-corrected chi connectivity index (χ0v) is 10.8. The number of rotatable bonds is 2. The van der Waals surface area contributed by atoms with Gasteiger partial charge >= 0.3 is 0 Å². The molecule has 0 saturated heterocycles. The number of aliphatic imine (C=N–C) groups is 1. The van der Waals surface area contributed by atoms with Crippen LogP contribution in [0.1, 0.15) is 0 Å². The Bertz CT molecular complexity index is 617. The van der Waals surface area contributed by atoms with Crippen molar-refractivity contribution in [2.75, 3.05) is 11.6 Å². The second kappa shape index (κ2) is 5.20. The summed E-state index contributed by atoms with van der Waals surface area (Å²) >= 11 is 5.87. The minimum absolute atomic E-state index is 0.552. The molecule has 0 saturated carbocycles. The molecular weight excluding hydrogens is 260 g/mol. The second-order valence-electron chi connectivity index (χ2n) is 4.06. The monoisotopic (exact) mass is 270 g/mol. The molecule has 0 atom stereocenters. The Labute approximate surface area is 116 Å². The van der Waals surface area contributed by atoms with E-state index in [9.17, 15) is 0 Å². The van der Waals surface area contributed by atoms with Crippen LogP contribution in [-0.4, -0.2) is 22.9 Å². The van der Waals surface area contributed by atoms with Gasteiger partial charge in [0.25, 0.3) is 0 Å². The first kappa shape index (κ1) is 11.9. The van der Waals surface area contributed by atoms with Gasteiger partial charge < -0.3 is 0 Å². The van der Waals surface area contributed by atoms with E-state index in [0.29, 0.717) is 12.6 Å². The standard InChI is InChI=1S/C14H11ClN4/c15-13-4-2-11(3-5-13)12-8-17-14(18-9-12)19-7-1-6-16-10-19/h1-9H,10H2. The molecule has 0 N–H and O–H groups in total. The van der Waals surface area contributed by atoms with Crippen LogP contribution in [0, 0.1) is 0 Å². The Morgan fingerprint density at radius 1 is 1.00 bits per heavy atom. The van der Waals surface area contributed by atoms with Crippen molar-refractivity contribution in [2.45, 2.75) is 0 Å². The second-order valence-corrected chi connectivity index (χ2v) is 4.50. The van der Waals surface area contributed by atoms with Crippen LogP contribution in [-0.2, 0) is 0 Å². The Morgan fingerprint density at radius 2 is 1.74 bits per heavy atom. The summed E-state index contributed by atoms with van der Waals surface area (Å²) in [7, 11) is 0. The molecule has 1 aromatic carbocycles. The highest BCUT2D eigenvalue weighted by Crippen LogP contribution is 2.21. The van der Waals surface area contributed by atoms with Gasteiger partial charge in [0.1, 0.15) is 6.67 Å². The lowest BCUT2D eigenvalue weighted by Gasteiger charge is -2.17. The highest BCUT2D eigenvalue weighted by atomic mass is 35.5. The molecule has 3 rings (SSSR count). The summed E-state index contributed by atoms with van der Waals surface area (Å²) in [6.07, 6.45) is 9.14. The number of aromatic nitrogens is 2. The summed E-state index contributed by atoms with van der Waals surface area (Å²) in [5.74, 6) is 0.644. The van der Waals surface area contributed by atoms with Crippen molar-refractivity contribution in [1.29, 1.82) is 0 Å². The third kappa shape index (κ3) is 2.63. The van der Waals surface area contributed by atoms with E-state index >= 15 is 0 Å². The molecule has 4 nitrogen and oxygen atoms in total. The maximum Gasteiger partial charge on any atom is 0.230 e. The van der Waals surface area contributed by atoms with Crippen LogP contribution < -0.4 is 4.90 Å². The summed E-state index contributed by atoms with van der Waals surface area (Å²) in [4.78, 5) is 14.7. The summed E-state index contributed by atoms with van der Waals surface area (Å²) in [6, 6.07) is 7.61. The van der Waals surface area contributed by atoms with E-state index in [1.807, 2.05) is 41.4 Å². The molecule has 19 heavy (non-hydrogen) atoms. The minimum Gasteiger partial charge on any atom is -0.297 e. The van der Waals surface area contributed by atoms with E-state index in [1.165, 1.54) is 0 Å². The zero-order valence-electron chi connectivity index (χ0n) is 10.1. The number of nitrogens with zero attached hydrogens (tertiary/aromatic N) is 4. The fraction of sp³-hybridized carbons (Fsp3) is 0.0714. The summed E-state index contributed by atoms with van der Waals surface area (Å²) in [6.45, 7) is 0.552. The lowest BCUT2D eigenvalue weighted by molar-refractivity contribution is 0.910. The van der Waals surface area contributed by atoms with Crippen LogP contribution in [0.2, 0.25) is 5.02 Å². The van der Waals surface area contributed by atoms with Crippen molar-refractivity contribution >= 4 is 23.8 Å². The first-order valence-corrected chi connectivity index (χ1v) is 6.22. The Hall–Kier alpha value is -2.20. The van der Waals surface area contributed by atoms with Gasteiger partial charge in [-0.15, -0.1) is 0 Å². The first-order chi connectivity index (χ1) is 9.33. The molecule has 2 aromatic rings. The molecule has 0 spiro atoms. The van der Waals surface area contributed by atoms with Crippen molar-refractivity contribution < 1.29 is 0 Å². The van der Waals surface area contributed by atoms with E-state index in [4.69, 9.17) is 11.6 Å². The highest BCUT2D eigenvalue weighted by Gasteiger charge is 2.07. The van der Waals surface area contributed by atoms with E-state index in [2.05, 4.69) is 15.0 Å². The van der Waals surface area contributed by atoms with E-state index in [-0.39, 0.29) is 0 Å². The van der Waals surface area contributed by atoms with Gasteiger partial charge in [-0.2, -0.15) is 0 Å². The number of hydrogen-bond acceptors (Lipinski definition) is 4. The third-order valence-corrected chi connectivity index (χ3v) is 3.02. The average molecular weight is 271 g/mol. The molecule has 1 aliphatic heterocycles. The van der Waals surface area contributed by atoms with Crippen molar-refractivity contribution in [3.63, 3.8) is 0 Å². The predicted octanol–water partition coefficient (Wildman–Crippen LogP) is 3.16. The van der Waals surface area contributed by atoms with Crippen LogP contribution in [0.4, 0.5) is 5.95 Å². The van der Waals surface area contributed by atoms with Crippen LogP contribution in [0.15, 0.2) is 53.9 Å². The lowest BCUT2D eigenvalue weighted by Crippen LogP contribution is -2.20. The molecule has 1 aromatic heterocycles. The third-order valence-electron chi connectivity index (χ3n) is 2.76. The molecule has 0 amide bonds. The van der Waals surface area contributed by atoms with Gasteiger partial charge in [0, 0.05) is 35.4 Å². The molecule has 94 valence electrons. The quantitative estimate of drug-likeness (QED) is 0.842. The first-order valence-electron chi connectivity index (χ1n) is 5.84. The predicted molar refractivity (Wildman–Crippen MR) is 77.5 cm³/mol. The topological polar surface area (TPSA) is 41.4 Å². The molecule has 0 aliphatic carbocycles. The van der Waals surface area contributed by atoms with Gasteiger partial charge in [0.2, 0.25) is 5.95 Å². The molecular formula is C14H11ClN4. The van der Waals surface area contributed by atoms with E-state index < -0.39 is 0 Å². The van der Waals surface area contributed by atoms with Gasteiger partial charge in [-0.1, -0.05) is 23.7 Å². The fourth-order valence-corrected chi connectivity index (χ4v) is 1.90. The van der Waals surface area contributed by atoms with Gasteiger partial charge in [0.05, 0.1) is 0 Å². The molecule has 0 fully saturated rings. The number of anilines is 1. The van der Waals surface area contributed by atoms with Crippen molar-refractivity contribution in [2.24, 2.45) is 4.99 Å². The highest BCUT2D eigenvalue weighted by molar-refractivity contribution is 6.30. The van der Waals surface area contributed by atoms with Crippen molar-refractivity contribution in [1.82, 2.24) is 9.97 Å². The smallest absolute Gasteiger partial charge is 0.230 e. The average Bonchev–Trinajstić information content (AvgIpc) is 2.49. The largest absolute Gasteiger partial charge is 0.297 e.